The first-order chi connectivity index (χ1) is 9.76. The minimum Gasteiger partial charge on any atom is -0.310 e. The highest BCUT2D eigenvalue weighted by Crippen LogP contribution is 2.38. The Morgan fingerprint density at radius 2 is 1.80 bits per heavy atom. The molecule has 1 aromatic rings. The fourth-order valence-corrected chi connectivity index (χ4v) is 4.70. The van der Waals surface area contributed by atoms with E-state index in [1.807, 2.05) is 12.1 Å². The maximum atomic E-state index is 5.95. The fraction of sp³-hybridized carbons (Fsp3) is 0.647. The van der Waals surface area contributed by atoms with Crippen molar-refractivity contribution in [1.29, 1.82) is 0 Å². The van der Waals surface area contributed by atoms with Crippen LogP contribution >= 0.6 is 23.4 Å². The fourth-order valence-electron chi connectivity index (χ4n) is 3.63. The third-order valence-electron chi connectivity index (χ3n) is 4.93. The van der Waals surface area contributed by atoms with Gasteiger partial charge < -0.3 is 5.32 Å². The molecule has 0 spiro atoms. The van der Waals surface area contributed by atoms with Crippen molar-refractivity contribution in [1.82, 2.24) is 5.32 Å². The van der Waals surface area contributed by atoms with E-state index in [0.717, 1.165) is 28.3 Å². The summed E-state index contributed by atoms with van der Waals surface area (Å²) >= 11 is 8.00. The second-order valence-corrected chi connectivity index (χ2v) is 7.76. The summed E-state index contributed by atoms with van der Waals surface area (Å²) in [5, 5.41) is 5.59. The number of hydrogen-bond acceptors (Lipinski definition) is 2. The summed E-state index contributed by atoms with van der Waals surface area (Å²) in [4.78, 5) is 0. The van der Waals surface area contributed by atoms with Gasteiger partial charge in [0.25, 0.3) is 0 Å². The van der Waals surface area contributed by atoms with Gasteiger partial charge in [-0.3, -0.25) is 0 Å². The van der Waals surface area contributed by atoms with Crippen molar-refractivity contribution in [2.75, 3.05) is 6.26 Å². The van der Waals surface area contributed by atoms with Crippen LogP contribution < -0.4 is 5.32 Å². The molecule has 1 N–H and O–H groups in total. The highest BCUT2D eigenvalue weighted by molar-refractivity contribution is 7.99. The van der Waals surface area contributed by atoms with Crippen molar-refractivity contribution in [3.8, 4) is 0 Å². The zero-order valence-corrected chi connectivity index (χ0v) is 13.7. The molecule has 2 aliphatic carbocycles. The summed E-state index contributed by atoms with van der Waals surface area (Å²) in [6.45, 7) is 0. The number of benzene rings is 1. The molecule has 0 aliphatic heterocycles. The SMILES string of the molecule is CSC1CCCCC1NC1CC(c2ccc(Cl)cc2)C1. The summed E-state index contributed by atoms with van der Waals surface area (Å²) in [5.74, 6) is 0.737. The van der Waals surface area contributed by atoms with E-state index in [1.165, 1.54) is 44.1 Å². The number of halogens is 1. The van der Waals surface area contributed by atoms with Crippen molar-refractivity contribution < 1.29 is 0 Å². The Hall–Kier alpha value is -0.180. The molecule has 3 heteroatoms. The van der Waals surface area contributed by atoms with Crippen molar-refractivity contribution in [3.63, 3.8) is 0 Å². The molecule has 0 amide bonds. The van der Waals surface area contributed by atoms with E-state index in [2.05, 4.69) is 35.5 Å². The first-order valence-corrected chi connectivity index (χ1v) is 9.47. The Bertz CT molecular complexity index is 427. The van der Waals surface area contributed by atoms with Gasteiger partial charge in [-0.1, -0.05) is 36.6 Å². The lowest BCUT2D eigenvalue weighted by Crippen LogP contribution is -2.50. The van der Waals surface area contributed by atoms with Crippen LogP contribution in [0.4, 0.5) is 0 Å². The zero-order chi connectivity index (χ0) is 13.9. The predicted molar refractivity (Wildman–Crippen MR) is 89.9 cm³/mol. The zero-order valence-electron chi connectivity index (χ0n) is 12.1. The summed E-state index contributed by atoms with van der Waals surface area (Å²) in [5.41, 5.74) is 1.46. The normalized spacial score (nSPS) is 33.7. The van der Waals surface area contributed by atoms with Crippen LogP contribution in [0.15, 0.2) is 24.3 Å². The van der Waals surface area contributed by atoms with Crippen LogP contribution in [0.5, 0.6) is 0 Å². The van der Waals surface area contributed by atoms with E-state index in [0.29, 0.717) is 0 Å². The summed E-state index contributed by atoms with van der Waals surface area (Å²) in [6, 6.07) is 9.89. The van der Waals surface area contributed by atoms with Crippen molar-refractivity contribution in [3.05, 3.63) is 34.9 Å². The monoisotopic (exact) mass is 309 g/mol. The molecule has 2 fully saturated rings. The lowest BCUT2D eigenvalue weighted by Gasteiger charge is -2.41. The second kappa shape index (κ2) is 6.72. The number of rotatable bonds is 4. The van der Waals surface area contributed by atoms with Crippen molar-refractivity contribution in [2.45, 2.75) is 61.8 Å². The molecule has 20 heavy (non-hydrogen) atoms. The van der Waals surface area contributed by atoms with Gasteiger partial charge in [-0.2, -0.15) is 11.8 Å². The number of nitrogens with one attached hydrogen (secondary N) is 1. The molecule has 3 rings (SSSR count). The lowest BCUT2D eigenvalue weighted by molar-refractivity contribution is 0.242. The third kappa shape index (κ3) is 3.35. The molecular weight excluding hydrogens is 286 g/mol. The Morgan fingerprint density at radius 3 is 2.50 bits per heavy atom. The topological polar surface area (TPSA) is 12.0 Å². The summed E-state index contributed by atoms with van der Waals surface area (Å²) in [7, 11) is 0. The Kier molecular flexibility index (Phi) is 4.95. The molecule has 0 aromatic heterocycles. The van der Waals surface area contributed by atoms with Gasteiger partial charge in [0.1, 0.15) is 0 Å². The quantitative estimate of drug-likeness (QED) is 0.853. The molecule has 110 valence electrons. The van der Waals surface area contributed by atoms with E-state index in [-0.39, 0.29) is 0 Å². The number of thioether (sulfide) groups is 1. The minimum atomic E-state index is 0.730. The average Bonchev–Trinajstić information content (AvgIpc) is 2.44. The molecule has 0 radical (unpaired) electrons. The van der Waals surface area contributed by atoms with Crippen LogP contribution in [-0.4, -0.2) is 23.6 Å². The Balaban J connectivity index is 1.49. The van der Waals surface area contributed by atoms with Crippen LogP contribution in [0.1, 0.15) is 50.0 Å². The Morgan fingerprint density at radius 1 is 1.10 bits per heavy atom. The summed E-state index contributed by atoms with van der Waals surface area (Å²) in [6.07, 6.45) is 10.4. The van der Waals surface area contributed by atoms with Crippen molar-refractivity contribution in [2.24, 2.45) is 0 Å². The van der Waals surface area contributed by atoms with E-state index in [1.54, 1.807) is 0 Å². The predicted octanol–water partition coefficient (Wildman–Crippen LogP) is 4.85. The van der Waals surface area contributed by atoms with E-state index >= 15 is 0 Å². The maximum Gasteiger partial charge on any atom is 0.0406 e. The molecule has 2 saturated carbocycles. The van der Waals surface area contributed by atoms with Gasteiger partial charge in [0.05, 0.1) is 0 Å². The van der Waals surface area contributed by atoms with Gasteiger partial charge in [0.2, 0.25) is 0 Å². The lowest BCUT2D eigenvalue weighted by atomic mass is 9.75. The molecular formula is C17H24ClNS. The first-order valence-electron chi connectivity index (χ1n) is 7.80. The highest BCUT2D eigenvalue weighted by Gasteiger charge is 2.34. The first kappa shape index (κ1) is 14.7. The van der Waals surface area contributed by atoms with Crippen LogP contribution in [0.25, 0.3) is 0 Å². The number of hydrogen-bond donors (Lipinski definition) is 1. The van der Waals surface area contributed by atoms with Gasteiger partial charge in [-0.25, -0.2) is 0 Å². The molecule has 0 saturated heterocycles. The molecule has 2 unspecified atom stereocenters. The second-order valence-electron chi connectivity index (χ2n) is 6.25. The average molecular weight is 310 g/mol. The van der Waals surface area contributed by atoms with Crippen LogP contribution in [0.2, 0.25) is 5.02 Å². The van der Waals surface area contributed by atoms with E-state index in [9.17, 15) is 0 Å². The van der Waals surface area contributed by atoms with Crippen LogP contribution in [0, 0.1) is 0 Å². The van der Waals surface area contributed by atoms with Crippen LogP contribution in [-0.2, 0) is 0 Å². The summed E-state index contributed by atoms with van der Waals surface area (Å²) < 4.78 is 0. The largest absolute Gasteiger partial charge is 0.310 e. The van der Waals surface area contributed by atoms with Gasteiger partial charge in [0, 0.05) is 22.4 Å². The smallest absolute Gasteiger partial charge is 0.0406 e. The minimum absolute atomic E-state index is 0.730. The standard InChI is InChI=1S/C17H24ClNS/c1-20-17-5-3-2-4-16(17)19-15-10-13(11-15)12-6-8-14(18)9-7-12/h6-9,13,15-17,19H,2-5,10-11H2,1H3. The van der Waals surface area contributed by atoms with Gasteiger partial charge >= 0.3 is 0 Å². The maximum absolute atomic E-state index is 5.95. The molecule has 1 aromatic carbocycles. The van der Waals surface area contributed by atoms with Gasteiger partial charge in [0.15, 0.2) is 0 Å². The highest BCUT2D eigenvalue weighted by atomic mass is 35.5. The van der Waals surface area contributed by atoms with E-state index < -0.39 is 0 Å². The van der Waals surface area contributed by atoms with E-state index in [4.69, 9.17) is 11.6 Å². The molecule has 2 aliphatic rings. The molecule has 0 heterocycles. The molecule has 0 bridgehead atoms. The molecule has 1 nitrogen and oxygen atoms in total. The Labute approximate surface area is 131 Å². The van der Waals surface area contributed by atoms with Gasteiger partial charge in [-0.15, -0.1) is 0 Å². The molecule has 2 atom stereocenters. The third-order valence-corrected chi connectivity index (χ3v) is 6.36. The van der Waals surface area contributed by atoms with Crippen molar-refractivity contribution >= 4 is 23.4 Å². The van der Waals surface area contributed by atoms with Gasteiger partial charge in [-0.05, 0) is 55.6 Å². The van der Waals surface area contributed by atoms with Crippen LogP contribution in [0.3, 0.4) is 0 Å².